The van der Waals surface area contributed by atoms with Gasteiger partial charge in [0.1, 0.15) is 0 Å². The van der Waals surface area contributed by atoms with Crippen molar-refractivity contribution >= 4 is 12.9 Å². The van der Waals surface area contributed by atoms with Crippen LogP contribution < -0.4 is 0 Å². The average Bonchev–Trinajstić information content (AvgIpc) is 2.37. The van der Waals surface area contributed by atoms with Crippen LogP contribution in [0.5, 0.6) is 0 Å². The molecule has 1 aromatic rings. The van der Waals surface area contributed by atoms with Crippen molar-refractivity contribution in [1.29, 1.82) is 0 Å². The van der Waals surface area contributed by atoms with Crippen LogP contribution in [0.25, 0.3) is 5.31 Å². The third-order valence-corrected chi connectivity index (χ3v) is 4.59. The van der Waals surface area contributed by atoms with Gasteiger partial charge in [-0.1, -0.05) is 43.3 Å². The van der Waals surface area contributed by atoms with Crippen molar-refractivity contribution in [2.45, 2.75) is 27.2 Å². The van der Waals surface area contributed by atoms with Gasteiger partial charge < -0.3 is 9.05 Å². The Hall–Kier alpha value is -0.890. The standard InChI is InChI=1S/C14H21O3P/c1-4-10-14(13-11-8-7-9-12-13)18(15,16-5-2)17-6-3/h7-12H,4-6H2,1-3H3/b14-10+. The molecule has 100 valence electrons. The molecule has 1 aromatic carbocycles. The highest BCUT2D eigenvalue weighted by Crippen LogP contribution is 2.60. The lowest BCUT2D eigenvalue weighted by molar-refractivity contribution is 0.230. The summed E-state index contributed by atoms with van der Waals surface area (Å²) in [6.07, 6.45) is 2.70. The number of hydrogen-bond acceptors (Lipinski definition) is 3. The van der Waals surface area contributed by atoms with Crippen molar-refractivity contribution in [2.75, 3.05) is 13.2 Å². The van der Waals surface area contributed by atoms with E-state index in [-0.39, 0.29) is 0 Å². The molecule has 0 aliphatic carbocycles. The van der Waals surface area contributed by atoms with Crippen LogP contribution in [-0.4, -0.2) is 13.2 Å². The van der Waals surface area contributed by atoms with Crippen LogP contribution in [0.2, 0.25) is 0 Å². The van der Waals surface area contributed by atoms with Crippen LogP contribution in [-0.2, 0) is 13.6 Å². The van der Waals surface area contributed by atoms with Crippen molar-refractivity contribution in [2.24, 2.45) is 0 Å². The van der Waals surface area contributed by atoms with Gasteiger partial charge in [-0.25, -0.2) is 0 Å². The summed E-state index contributed by atoms with van der Waals surface area (Å²) >= 11 is 0. The van der Waals surface area contributed by atoms with E-state index in [2.05, 4.69) is 0 Å². The summed E-state index contributed by atoms with van der Waals surface area (Å²) in [6, 6.07) is 9.61. The Balaban J connectivity index is 3.18. The summed E-state index contributed by atoms with van der Waals surface area (Å²) in [6.45, 7) is 6.38. The molecular formula is C14H21O3P. The van der Waals surface area contributed by atoms with Crippen LogP contribution in [0.1, 0.15) is 32.8 Å². The van der Waals surface area contributed by atoms with Crippen molar-refractivity contribution in [3.8, 4) is 0 Å². The lowest BCUT2D eigenvalue weighted by Gasteiger charge is -2.20. The van der Waals surface area contributed by atoms with Crippen LogP contribution >= 0.6 is 7.60 Å². The molecule has 0 aliphatic rings. The predicted molar refractivity (Wildman–Crippen MR) is 75.6 cm³/mol. The molecule has 0 unspecified atom stereocenters. The summed E-state index contributed by atoms with van der Waals surface area (Å²) in [5.74, 6) is 0. The maximum Gasteiger partial charge on any atom is 0.361 e. The fourth-order valence-corrected chi connectivity index (χ4v) is 3.61. The molecule has 3 nitrogen and oxygen atoms in total. The minimum Gasteiger partial charge on any atom is -0.305 e. The minimum absolute atomic E-state index is 0.366. The second-order valence-electron chi connectivity index (χ2n) is 3.70. The first-order chi connectivity index (χ1) is 8.68. The van der Waals surface area contributed by atoms with Crippen LogP contribution in [0, 0.1) is 0 Å². The lowest BCUT2D eigenvalue weighted by Crippen LogP contribution is -1.98. The summed E-state index contributed by atoms with van der Waals surface area (Å²) in [4.78, 5) is 0. The van der Waals surface area contributed by atoms with Crippen LogP contribution in [0.15, 0.2) is 36.4 Å². The van der Waals surface area contributed by atoms with Gasteiger partial charge in [-0.2, -0.15) is 0 Å². The number of hydrogen-bond donors (Lipinski definition) is 0. The molecule has 0 fully saturated rings. The Bertz CT molecular complexity index is 416. The first kappa shape index (κ1) is 15.2. The zero-order chi connectivity index (χ0) is 13.4. The SMILES string of the molecule is CC/C=C(\c1ccccc1)P(=O)(OCC)OCC. The molecule has 0 aromatic heterocycles. The number of rotatable bonds is 7. The molecule has 0 aliphatic heterocycles. The lowest BCUT2D eigenvalue weighted by atomic mass is 10.2. The highest BCUT2D eigenvalue weighted by atomic mass is 31.2. The maximum absolute atomic E-state index is 12.8. The Morgan fingerprint density at radius 1 is 1.11 bits per heavy atom. The molecule has 1 rings (SSSR count). The van der Waals surface area contributed by atoms with E-state index in [9.17, 15) is 4.57 Å². The first-order valence-electron chi connectivity index (χ1n) is 6.33. The molecule has 0 saturated carbocycles. The van der Waals surface area contributed by atoms with Gasteiger partial charge in [-0.05, 0) is 25.8 Å². The van der Waals surface area contributed by atoms with Gasteiger partial charge in [0.15, 0.2) is 0 Å². The van der Waals surface area contributed by atoms with E-state index in [1.165, 1.54) is 0 Å². The summed E-state index contributed by atoms with van der Waals surface area (Å²) in [5, 5.41) is 0.661. The van der Waals surface area contributed by atoms with Crippen molar-refractivity contribution in [3.05, 3.63) is 42.0 Å². The molecule has 18 heavy (non-hydrogen) atoms. The number of allylic oxidation sites excluding steroid dienone is 1. The van der Waals surface area contributed by atoms with Gasteiger partial charge in [-0.15, -0.1) is 0 Å². The van der Waals surface area contributed by atoms with Gasteiger partial charge in [0, 0.05) is 0 Å². The van der Waals surface area contributed by atoms with Crippen molar-refractivity contribution in [3.63, 3.8) is 0 Å². The van der Waals surface area contributed by atoms with E-state index in [4.69, 9.17) is 9.05 Å². The molecule has 0 radical (unpaired) electrons. The number of benzene rings is 1. The fourth-order valence-electron chi connectivity index (χ4n) is 1.71. The third-order valence-electron chi connectivity index (χ3n) is 2.36. The summed E-state index contributed by atoms with van der Waals surface area (Å²) in [5.41, 5.74) is 0.893. The average molecular weight is 268 g/mol. The van der Waals surface area contributed by atoms with Gasteiger partial charge in [-0.3, -0.25) is 4.57 Å². The molecule has 0 saturated heterocycles. The monoisotopic (exact) mass is 268 g/mol. The normalized spacial score (nSPS) is 12.7. The topological polar surface area (TPSA) is 35.5 Å². The third kappa shape index (κ3) is 3.81. The Labute approximate surface area is 109 Å². The molecule has 0 bridgehead atoms. The first-order valence-corrected chi connectivity index (χ1v) is 7.87. The second-order valence-corrected chi connectivity index (χ2v) is 5.69. The smallest absolute Gasteiger partial charge is 0.305 e. The van der Waals surface area contributed by atoms with E-state index in [0.29, 0.717) is 18.5 Å². The van der Waals surface area contributed by atoms with Gasteiger partial charge in [0.05, 0.1) is 18.5 Å². The maximum atomic E-state index is 12.8. The van der Waals surface area contributed by atoms with E-state index >= 15 is 0 Å². The van der Waals surface area contributed by atoms with Gasteiger partial charge in [0.25, 0.3) is 0 Å². The van der Waals surface area contributed by atoms with Crippen LogP contribution in [0.3, 0.4) is 0 Å². The largest absolute Gasteiger partial charge is 0.361 e. The predicted octanol–water partition coefficient (Wildman–Crippen LogP) is 4.70. The van der Waals surface area contributed by atoms with Gasteiger partial charge in [0.2, 0.25) is 0 Å². The Kier molecular flexibility index (Phi) is 6.34. The second kappa shape index (κ2) is 7.52. The van der Waals surface area contributed by atoms with Crippen molar-refractivity contribution < 1.29 is 13.6 Å². The zero-order valence-corrected chi connectivity index (χ0v) is 12.2. The van der Waals surface area contributed by atoms with E-state index in [1.54, 1.807) is 0 Å². The Morgan fingerprint density at radius 3 is 2.11 bits per heavy atom. The highest BCUT2D eigenvalue weighted by molar-refractivity contribution is 7.65. The fraction of sp³-hybridized carbons (Fsp3) is 0.429. The van der Waals surface area contributed by atoms with Gasteiger partial charge >= 0.3 is 7.60 Å². The molecule has 0 N–H and O–H groups in total. The van der Waals surface area contributed by atoms with E-state index in [1.807, 2.05) is 57.2 Å². The summed E-state index contributed by atoms with van der Waals surface area (Å²) in [7, 11) is -3.21. The Morgan fingerprint density at radius 2 is 1.67 bits per heavy atom. The molecule has 0 atom stereocenters. The van der Waals surface area contributed by atoms with E-state index < -0.39 is 7.60 Å². The summed E-state index contributed by atoms with van der Waals surface area (Å²) < 4.78 is 23.6. The molecule has 0 amide bonds. The minimum atomic E-state index is -3.21. The zero-order valence-electron chi connectivity index (χ0n) is 11.3. The van der Waals surface area contributed by atoms with Crippen LogP contribution in [0.4, 0.5) is 0 Å². The molecule has 0 heterocycles. The molecule has 0 spiro atoms. The highest BCUT2D eigenvalue weighted by Gasteiger charge is 2.30. The van der Waals surface area contributed by atoms with Crippen molar-refractivity contribution in [1.82, 2.24) is 0 Å². The molecule has 4 heteroatoms. The van der Waals surface area contributed by atoms with E-state index in [0.717, 1.165) is 12.0 Å². The molecular weight excluding hydrogens is 247 g/mol. The quantitative estimate of drug-likeness (QED) is 0.672.